The van der Waals surface area contributed by atoms with Crippen molar-refractivity contribution in [3.05, 3.63) is 106 Å². The van der Waals surface area contributed by atoms with Crippen molar-refractivity contribution in [2.24, 2.45) is 4.99 Å². The summed E-state index contributed by atoms with van der Waals surface area (Å²) in [5.41, 5.74) is 5.37. The van der Waals surface area contributed by atoms with Crippen LogP contribution in [-0.2, 0) is 0 Å². The summed E-state index contributed by atoms with van der Waals surface area (Å²) in [5.74, 6) is 0.437. The molecule has 0 radical (unpaired) electrons. The first-order valence-corrected chi connectivity index (χ1v) is 14.9. The molecule has 5 aromatic rings. The maximum atomic E-state index is 13.1. The van der Waals surface area contributed by atoms with Crippen molar-refractivity contribution < 1.29 is 22.7 Å². The molecule has 0 aliphatic carbocycles. The fourth-order valence-corrected chi connectivity index (χ4v) is 5.68. The summed E-state index contributed by atoms with van der Waals surface area (Å²) in [6.45, 7) is 8.27. The third-order valence-electron chi connectivity index (χ3n) is 6.98. The second-order valence-electron chi connectivity index (χ2n) is 10.4. The van der Waals surface area contributed by atoms with Gasteiger partial charge >= 0.3 is 12.4 Å². The number of aromatic nitrogens is 4. The highest BCUT2D eigenvalue weighted by molar-refractivity contribution is 7.07. The largest absolute Gasteiger partial charge is 0.573 e. The highest BCUT2D eigenvalue weighted by atomic mass is 32.1. The Morgan fingerprint density at radius 1 is 1.05 bits per heavy atom. The van der Waals surface area contributed by atoms with E-state index in [-0.39, 0.29) is 11.8 Å². The molecule has 44 heavy (non-hydrogen) atoms. The molecule has 5 rings (SSSR count). The number of aryl methyl sites for hydroxylation is 1. The number of thiazole rings is 1. The lowest BCUT2D eigenvalue weighted by molar-refractivity contribution is -0.274. The van der Waals surface area contributed by atoms with E-state index in [1.807, 2.05) is 66.3 Å². The molecule has 0 fully saturated rings. The monoisotopic (exact) mass is 620 g/mol. The van der Waals surface area contributed by atoms with Crippen LogP contribution in [-0.4, -0.2) is 31.7 Å². The quantitative estimate of drug-likeness (QED) is 0.191. The molecule has 0 aliphatic heterocycles. The van der Waals surface area contributed by atoms with E-state index >= 15 is 0 Å². The average Bonchev–Trinajstić information content (AvgIpc) is 3.62. The lowest BCUT2D eigenvalue weighted by Gasteiger charge is -2.17. The SMILES string of the molecule is CCC(NC(=O)/N=c1\scc(C)n1-c1ccccc1C(C)C)c1ccc(-c2ncn(-c3ccc(OC(F)(F)F)cc3)n2)cc1. The summed E-state index contributed by atoms with van der Waals surface area (Å²) in [5, 5.41) is 9.48. The van der Waals surface area contributed by atoms with Crippen LogP contribution in [0.15, 0.2) is 89.5 Å². The minimum Gasteiger partial charge on any atom is -0.406 e. The number of rotatable bonds is 8. The van der Waals surface area contributed by atoms with E-state index in [9.17, 15) is 18.0 Å². The Bertz CT molecular complexity index is 1810. The minimum absolute atomic E-state index is 0.263. The molecule has 0 spiro atoms. The Morgan fingerprint density at radius 2 is 1.75 bits per heavy atom. The zero-order valence-corrected chi connectivity index (χ0v) is 25.4. The van der Waals surface area contributed by atoms with Gasteiger partial charge in [-0.1, -0.05) is 63.2 Å². The first-order valence-electron chi connectivity index (χ1n) is 14.0. The first kappa shape index (κ1) is 30.7. The zero-order chi connectivity index (χ0) is 31.4. The van der Waals surface area contributed by atoms with Gasteiger partial charge in [0.2, 0.25) is 0 Å². The molecule has 2 amide bonds. The standard InChI is InChI=1S/C32H31F3N6O2S/c1-5-27(37-30(42)38-31-41(21(4)18-44-31)28-9-7-6-8-26(28)20(2)3)22-10-12-23(13-11-22)29-36-19-40(39-29)24-14-16-25(17-15-24)43-32(33,34)35/h6-20,27H,5H2,1-4H3,(H,37,42)/b38-31-. The van der Waals surface area contributed by atoms with Crippen LogP contribution < -0.4 is 14.9 Å². The number of halogens is 3. The molecule has 2 heterocycles. The predicted octanol–water partition coefficient (Wildman–Crippen LogP) is 7.88. The molecule has 12 heteroatoms. The van der Waals surface area contributed by atoms with E-state index in [1.54, 1.807) is 0 Å². The van der Waals surface area contributed by atoms with Crippen molar-refractivity contribution in [3.8, 4) is 28.5 Å². The summed E-state index contributed by atoms with van der Waals surface area (Å²) >= 11 is 1.42. The van der Waals surface area contributed by atoms with Gasteiger partial charge < -0.3 is 10.1 Å². The second kappa shape index (κ2) is 12.9. The molecular formula is C32H31F3N6O2S. The summed E-state index contributed by atoms with van der Waals surface area (Å²) < 4.78 is 44.7. The lowest BCUT2D eigenvalue weighted by atomic mass is 10.0. The van der Waals surface area contributed by atoms with Crippen molar-refractivity contribution in [1.29, 1.82) is 0 Å². The number of urea groups is 1. The van der Waals surface area contributed by atoms with Crippen molar-refractivity contribution in [2.45, 2.75) is 52.4 Å². The average molecular weight is 621 g/mol. The Morgan fingerprint density at radius 3 is 2.41 bits per heavy atom. The van der Waals surface area contributed by atoms with Gasteiger partial charge in [-0.15, -0.1) is 29.6 Å². The van der Waals surface area contributed by atoms with Crippen LogP contribution in [0.4, 0.5) is 18.0 Å². The van der Waals surface area contributed by atoms with E-state index in [0.29, 0.717) is 28.7 Å². The van der Waals surface area contributed by atoms with E-state index in [2.05, 4.69) is 45.0 Å². The van der Waals surface area contributed by atoms with Crippen LogP contribution in [0.5, 0.6) is 5.75 Å². The smallest absolute Gasteiger partial charge is 0.406 e. The second-order valence-corrected chi connectivity index (χ2v) is 11.2. The third-order valence-corrected chi connectivity index (χ3v) is 7.92. The number of amides is 2. The molecule has 228 valence electrons. The molecule has 8 nitrogen and oxygen atoms in total. The Hall–Kier alpha value is -4.71. The lowest BCUT2D eigenvalue weighted by Crippen LogP contribution is -2.28. The van der Waals surface area contributed by atoms with Gasteiger partial charge in [-0.25, -0.2) is 14.5 Å². The number of nitrogens with one attached hydrogen (secondary N) is 1. The van der Waals surface area contributed by atoms with Crippen molar-refractivity contribution in [1.82, 2.24) is 24.6 Å². The Kier molecular flexibility index (Phi) is 9.00. The molecule has 0 saturated carbocycles. The van der Waals surface area contributed by atoms with E-state index < -0.39 is 12.4 Å². The first-order chi connectivity index (χ1) is 21.0. The van der Waals surface area contributed by atoms with Crippen LogP contribution in [0, 0.1) is 6.92 Å². The molecule has 0 aliphatic rings. The predicted molar refractivity (Wildman–Crippen MR) is 163 cm³/mol. The normalized spacial score (nSPS) is 12.9. The van der Waals surface area contributed by atoms with Crippen LogP contribution in [0.3, 0.4) is 0 Å². The summed E-state index contributed by atoms with van der Waals surface area (Å²) in [4.78, 5) is 22.5. The number of carbonyl (C=O) groups excluding carboxylic acids is 1. The van der Waals surface area contributed by atoms with Gasteiger partial charge in [0.1, 0.15) is 12.1 Å². The zero-order valence-electron chi connectivity index (χ0n) is 24.5. The highest BCUT2D eigenvalue weighted by Crippen LogP contribution is 2.26. The van der Waals surface area contributed by atoms with Gasteiger partial charge in [-0.2, -0.15) is 4.99 Å². The summed E-state index contributed by atoms with van der Waals surface area (Å²) in [6.07, 6.45) is -2.62. The van der Waals surface area contributed by atoms with E-state index in [1.165, 1.54) is 52.2 Å². The van der Waals surface area contributed by atoms with Gasteiger partial charge in [0.25, 0.3) is 0 Å². The Balaban J connectivity index is 1.30. The molecule has 1 N–H and O–H groups in total. The third kappa shape index (κ3) is 7.08. The summed E-state index contributed by atoms with van der Waals surface area (Å²) in [6, 6.07) is 20.3. The van der Waals surface area contributed by atoms with E-state index in [4.69, 9.17) is 0 Å². The number of hydrogen-bond donors (Lipinski definition) is 1. The Labute approximate surface area is 256 Å². The molecule has 0 saturated heterocycles. The number of para-hydroxylation sites is 1. The van der Waals surface area contributed by atoms with Gasteiger partial charge in [-0.05, 0) is 60.7 Å². The fraction of sp³-hybridized carbons (Fsp3) is 0.250. The van der Waals surface area contributed by atoms with Crippen LogP contribution in [0.1, 0.15) is 56.0 Å². The van der Waals surface area contributed by atoms with Crippen molar-refractivity contribution >= 4 is 17.4 Å². The van der Waals surface area contributed by atoms with Gasteiger partial charge in [0, 0.05) is 16.6 Å². The van der Waals surface area contributed by atoms with Gasteiger partial charge in [0.05, 0.1) is 17.4 Å². The van der Waals surface area contributed by atoms with Gasteiger partial charge in [-0.3, -0.25) is 4.57 Å². The molecule has 1 unspecified atom stereocenters. The number of alkyl halides is 3. The van der Waals surface area contributed by atoms with Crippen molar-refractivity contribution in [2.75, 3.05) is 0 Å². The van der Waals surface area contributed by atoms with Crippen LogP contribution in [0.25, 0.3) is 22.8 Å². The molecular weight excluding hydrogens is 589 g/mol. The maximum Gasteiger partial charge on any atom is 0.573 e. The highest BCUT2D eigenvalue weighted by Gasteiger charge is 2.31. The number of nitrogens with zero attached hydrogens (tertiary/aromatic N) is 5. The number of benzene rings is 3. The molecule has 3 aromatic carbocycles. The summed E-state index contributed by atoms with van der Waals surface area (Å²) in [7, 11) is 0. The molecule has 0 bridgehead atoms. The minimum atomic E-state index is -4.76. The fourth-order valence-electron chi connectivity index (χ4n) is 4.82. The van der Waals surface area contributed by atoms with Crippen LogP contribution >= 0.6 is 11.3 Å². The maximum absolute atomic E-state index is 13.1. The molecule has 2 aromatic heterocycles. The number of ether oxygens (including phenoxy) is 1. The van der Waals surface area contributed by atoms with E-state index in [0.717, 1.165) is 22.5 Å². The topological polar surface area (TPSA) is 86.3 Å². The number of carbonyl (C=O) groups is 1. The van der Waals surface area contributed by atoms with Crippen molar-refractivity contribution in [3.63, 3.8) is 0 Å². The van der Waals surface area contributed by atoms with Gasteiger partial charge in [0.15, 0.2) is 10.6 Å². The van der Waals surface area contributed by atoms with Crippen LogP contribution in [0.2, 0.25) is 0 Å². The molecule has 1 atom stereocenters. The number of hydrogen-bond acceptors (Lipinski definition) is 5.